The van der Waals surface area contributed by atoms with E-state index >= 15 is 0 Å². The molecule has 0 radical (unpaired) electrons. The van der Waals surface area contributed by atoms with Crippen molar-refractivity contribution in [3.05, 3.63) is 83.0 Å². The zero-order chi connectivity index (χ0) is 26.3. The molecular weight excluding hydrogens is 466 g/mol. The number of benzene rings is 2. The molecule has 2 amide bonds. The van der Waals surface area contributed by atoms with E-state index in [4.69, 9.17) is 9.72 Å². The number of nitrogens with zero attached hydrogens (tertiary/aromatic N) is 4. The maximum Gasteiger partial charge on any atom is 0.262 e. The first-order valence-corrected chi connectivity index (χ1v) is 12.5. The molecule has 5 rings (SSSR count). The Morgan fingerprint density at radius 3 is 2.54 bits per heavy atom. The molecule has 0 saturated carbocycles. The van der Waals surface area contributed by atoms with E-state index in [-0.39, 0.29) is 30.1 Å². The summed E-state index contributed by atoms with van der Waals surface area (Å²) in [5, 5.41) is 8.42. The van der Waals surface area contributed by atoms with Gasteiger partial charge in [-0.05, 0) is 57.9 Å². The Hall–Kier alpha value is -4.20. The van der Waals surface area contributed by atoms with Crippen LogP contribution < -0.4 is 10.1 Å². The normalized spacial score (nSPS) is 15.4. The molecule has 0 fully saturated rings. The van der Waals surface area contributed by atoms with E-state index in [1.165, 1.54) is 0 Å². The molecule has 1 N–H and O–H groups in total. The van der Waals surface area contributed by atoms with Crippen LogP contribution in [0.5, 0.6) is 11.8 Å². The van der Waals surface area contributed by atoms with Crippen molar-refractivity contribution >= 4 is 22.7 Å². The molecule has 1 aliphatic rings. The molecule has 0 aliphatic carbocycles. The second-order valence-corrected chi connectivity index (χ2v) is 10.4. The van der Waals surface area contributed by atoms with Crippen molar-refractivity contribution in [3.8, 4) is 11.8 Å². The van der Waals surface area contributed by atoms with Crippen molar-refractivity contribution in [1.82, 2.24) is 25.0 Å². The summed E-state index contributed by atoms with van der Waals surface area (Å²) in [7, 11) is 0. The Kier molecular flexibility index (Phi) is 6.19. The summed E-state index contributed by atoms with van der Waals surface area (Å²) in [4.78, 5) is 34.5. The average Bonchev–Trinajstić information content (AvgIpc) is 3.25. The fourth-order valence-electron chi connectivity index (χ4n) is 4.54. The molecule has 8 heteroatoms. The van der Waals surface area contributed by atoms with Crippen LogP contribution in [0.1, 0.15) is 60.8 Å². The van der Waals surface area contributed by atoms with Crippen LogP contribution in [0, 0.1) is 6.92 Å². The third-order valence-electron chi connectivity index (χ3n) is 6.25. The summed E-state index contributed by atoms with van der Waals surface area (Å²) in [6.07, 6.45) is 1.67. The fourth-order valence-corrected chi connectivity index (χ4v) is 4.54. The van der Waals surface area contributed by atoms with Crippen LogP contribution in [0.25, 0.3) is 10.9 Å². The Morgan fingerprint density at radius 1 is 1.08 bits per heavy atom. The van der Waals surface area contributed by atoms with Crippen LogP contribution in [-0.2, 0) is 17.9 Å². The molecule has 1 aliphatic heterocycles. The number of carbonyl (C=O) groups excluding carboxylic acids is 2. The van der Waals surface area contributed by atoms with Gasteiger partial charge in [-0.1, -0.05) is 42.5 Å². The SMILES string of the molecule is CCn1cc2c(n1)Oc1nc3cc(C)ccc3cc1C(C(=O)NC(C)(C)C)N(Cc1ccccc1)C2=O. The second kappa shape index (κ2) is 9.35. The van der Waals surface area contributed by atoms with E-state index in [0.29, 0.717) is 17.7 Å². The number of hydrogen-bond acceptors (Lipinski definition) is 5. The van der Waals surface area contributed by atoms with E-state index in [9.17, 15) is 9.59 Å². The summed E-state index contributed by atoms with van der Waals surface area (Å²) in [6.45, 7) is 10.5. The number of nitrogens with one attached hydrogen (secondary N) is 1. The maximum absolute atomic E-state index is 14.1. The van der Waals surface area contributed by atoms with Gasteiger partial charge in [0, 0.05) is 35.8 Å². The first-order valence-electron chi connectivity index (χ1n) is 12.5. The average molecular weight is 498 g/mol. The predicted molar refractivity (Wildman–Crippen MR) is 141 cm³/mol. The Labute approximate surface area is 216 Å². The molecule has 1 unspecified atom stereocenters. The van der Waals surface area contributed by atoms with Crippen molar-refractivity contribution in [3.63, 3.8) is 0 Å². The summed E-state index contributed by atoms with van der Waals surface area (Å²) in [6, 6.07) is 16.5. The summed E-state index contributed by atoms with van der Waals surface area (Å²) >= 11 is 0. The van der Waals surface area contributed by atoms with Crippen LogP contribution in [0.2, 0.25) is 0 Å². The Balaban J connectivity index is 1.77. The molecular formula is C29H31N5O3. The van der Waals surface area contributed by atoms with Crippen LogP contribution in [0.4, 0.5) is 0 Å². The maximum atomic E-state index is 14.1. The van der Waals surface area contributed by atoms with Crippen LogP contribution >= 0.6 is 0 Å². The summed E-state index contributed by atoms with van der Waals surface area (Å²) < 4.78 is 7.88. The number of fused-ring (bicyclic) bond motifs is 3. The number of aryl methyl sites for hydroxylation is 2. The van der Waals surface area contributed by atoms with Crippen molar-refractivity contribution in [2.75, 3.05) is 0 Å². The molecule has 0 spiro atoms. The van der Waals surface area contributed by atoms with Crippen molar-refractivity contribution < 1.29 is 14.3 Å². The van der Waals surface area contributed by atoms with E-state index < -0.39 is 11.6 Å². The number of rotatable bonds is 4. The highest BCUT2D eigenvalue weighted by Crippen LogP contribution is 2.39. The van der Waals surface area contributed by atoms with Crippen LogP contribution in [0.3, 0.4) is 0 Å². The largest absolute Gasteiger partial charge is 0.418 e. The second-order valence-electron chi connectivity index (χ2n) is 10.4. The standard InChI is InChI=1S/C29H31N5O3/c1-6-33-17-22-27(32-33)37-26-21(15-20-13-12-18(2)14-23(20)30-26)24(25(35)31-29(3,4)5)34(28(22)36)16-19-10-8-7-9-11-19/h7-15,17,24H,6,16H2,1-5H3,(H,31,35). The zero-order valence-electron chi connectivity index (χ0n) is 21.8. The Morgan fingerprint density at radius 2 is 1.84 bits per heavy atom. The van der Waals surface area contributed by atoms with Gasteiger partial charge in [-0.15, -0.1) is 5.10 Å². The lowest BCUT2D eigenvalue weighted by atomic mass is 9.98. The van der Waals surface area contributed by atoms with Crippen molar-refractivity contribution in [2.45, 2.75) is 59.3 Å². The first-order chi connectivity index (χ1) is 17.6. The lowest BCUT2D eigenvalue weighted by molar-refractivity contribution is -0.127. The van der Waals surface area contributed by atoms with Gasteiger partial charge in [-0.2, -0.15) is 0 Å². The number of hydrogen-bond donors (Lipinski definition) is 1. The van der Waals surface area contributed by atoms with Gasteiger partial charge in [0.1, 0.15) is 11.6 Å². The molecule has 190 valence electrons. The first kappa shape index (κ1) is 24.5. The van der Waals surface area contributed by atoms with Gasteiger partial charge < -0.3 is 15.0 Å². The lowest BCUT2D eigenvalue weighted by Crippen LogP contribution is -2.49. The third-order valence-corrected chi connectivity index (χ3v) is 6.25. The van der Waals surface area contributed by atoms with E-state index in [1.54, 1.807) is 15.8 Å². The molecule has 1 atom stereocenters. The molecule has 0 bridgehead atoms. The van der Waals surface area contributed by atoms with Crippen LogP contribution in [0.15, 0.2) is 60.8 Å². The van der Waals surface area contributed by atoms with Gasteiger partial charge in [0.15, 0.2) is 0 Å². The number of carbonyl (C=O) groups is 2. The lowest BCUT2D eigenvalue weighted by Gasteiger charge is -2.35. The number of pyridine rings is 1. The molecule has 8 nitrogen and oxygen atoms in total. The minimum atomic E-state index is -0.974. The van der Waals surface area contributed by atoms with Gasteiger partial charge in [-0.25, -0.2) is 4.98 Å². The van der Waals surface area contributed by atoms with Crippen LogP contribution in [-0.4, -0.2) is 37.0 Å². The highest BCUT2D eigenvalue weighted by atomic mass is 16.5. The monoisotopic (exact) mass is 497 g/mol. The van der Waals surface area contributed by atoms with Gasteiger partial charge in [0.2, 0.25) is 11.8 Å². The predicted octanol–water partition coefficient (Wildman–Crippen LogP) is 5.16. The fraction of sp³-hybridized carbons (Fsp3) is 0.310. The molecule has 0 saturated heterocycles. The van der Waals surface area contributed by atoms with E-state index in [1.807, 2.05) is 89.2 Å². The molecule has 37 heavy (non-hydrogen) atoms. The highest BCUT2D eigenvalue weighted by molar-refractivity contribution is 6.00. The Bertz CT molecular complexity index is 1490. The quantitative estimate of drug-likeness (QED) is 0.421. The molecule has 4 aromatic rings. The van der Waals surface area contributed by atoms with Gasteiger partial charge >= 0.3 is 0 Å². The smallest absolute Gasteiger partial charge is 0.262 e. The highest BCUT2D eigenvalue weighted by Gasteiger charge is 2.40. The number of aromatic nitrogens is 3. The van der Waals surface area contributed by atoms with Gasteiger partial charge in [0.25, 0.3) is 11.8 Å². The number of amides is 2. The molecule has 3 heterocycles. The third kappa shape index (κ3) is 4.91. The topological polar surface area (TPSA) is 89.3 Å². The minimum Gasteiger partial charge on any atom is -0.418 e. The van der Waals surface area contributed by atoms with Crippen molar-refractivity contribution in [1.29, 1.82) is 0 Å². The number of ether oxygens (including phenoxy) is 1. The minimum absolute atomic E-state index is 0.181. The van der Waals surface area contributed by atoms with Gasteiger partial charge in [-0.3, -0.25) is 14.3 Å². The zero-order valence-corrected chi connectivity index (χ0v) is 21.8. The van der Waals surface area contributed by atoms with Gasteiger partial charge in [0.05, 0.1) is 5.52 Å². The molecule has 2 aromatic carbocycles. The van der Waals surface area contributed by atoms with Crippen molar-refractivity contribution in [2.24, 2.45) is 0 Å². The van der Waals surface area contributed by atoms with E-state index in [2.05, 4.69) is 10.4 Å². The van der Waals surface area contributed by atoms with E-state index in [0.717, 1.165) is 22.0 Å². The molecule has 2 aromatic heterocycles. The summed E-state index contributed by atoms with van der Waals surface area (Å²) in [5.41, 5.74) is 3.00. The summed E-state index contributed by atoms with van der Waals surface area (Å²) in [5.74, 6) is -0.191.